The normalized spacial score (nSPS) is 22.7. The number of nitrogens with zero attached hydrogens (tertiary/aromatic N) is 3. The van der Waals surface area contributed by atoms with Crippen molar-refractivity contribution in [1.82, 2.24) is 14.9 Å². The molecule has 2 fully saturated rings. The molecule has 0 aliphatic carbocycles. The van der Waals surface area contributed by atoms with Crippen LogP contribution in [0.3, 0.4) is 0 Å². The second-order valence-corrected chi connectivity index (χ2v) is 7.66. The van der Waals surface area contributed by atoms with Crippen molar-refractivity contribution < 1.29 is 9.53 Å². The van der Waals surface area contributed by atoms with Gasteiger partial charge in [-0.25, -0.2) is 9.97 Å². The quantitative estimate of drug-likeness (QED) is 0.914. The van der Waals surface area contributed by atoms with Gasteiger partial charge in [-0.3, -0.25) is 4.79 Å². The third-order valence-electron chi connectivity index (χ3n) is 5.09. The standard InChI is InChI=1S/C18H22N4O2S/c23-16(15-3-1-12-25-15)22-9-5-18(6-10-22)13-14(4-11-24-18)21-17-19-7-2-8-20-17/h1-3,7-8,12,14H,4-6,9-11,13H2,(H,19,20,21)/t14-/m0/s1. The molecule has 7 heteroatoms. The van der Waals surface area contributed by atoms with Gasteiger partial charge in [-0.15, -0.1) is 11.3 Å². The van der Waals surface area contributed by atoms with E-state index in [0.717, 1.165) is 50.3 Å². The highest BCUT2D eigenvalue weighted by molar-refractivity contribution is 7.12. The topological polar surface area (TPSA) is 67.4 Å². The number of aromatic nitrogens is 2. The molecule has 0 saturated carbocycles. The van der Waals surface area contributed by atoms with Gasteiger partial charge in [0.15, 0.2) is 0 Å². The summed E-state index contributed by atoms with van der Waals surface area (Å²) in [4.78, 5) is 23.8. The lowest BCUT2D eigenvalue weighted by molar-refractivity contribution is -0.110. The van der Waals surface area contributed by atoms with Crippen molar-refractivity contribution in [3.8, 4) is 0 Å². The van der Waals surface area contributed by atoms with Crippen molar-refractivity contribution in [2.45, 2.75) is 37.3 Å². The Bertz CT molecular complexity index is 699. The van der Waals surface area contributed by atoms with E-state index in [9.17, 15) is 4.79 Å². The van der Waals surface area contributed by atoms with Gasteiger partial charge >= 0.3 is 0 Å². The monoisotopic (exact) mass is 358 g/mol. The van der Waals surface area contributed by atoms with Crippen LogP contribution in [0.25, 0.3) is 0 Å². The number of ether oxygens (including phenoxy) is 1. The molecule has 2 aliphatic rings. The number of thiophene rings is 1. The van der Waals surface area contributed by atoms with Crippen LogP contribution >= 0.6 is 11.3 Å². The van der Waals surface area contributed by atoms with E-state index in [1.54, 1.807) is 12.4 Å². The van der Waals surface area contributed by atoms with Crippen LogP contribution in [0.2, 0.25) is 0 Å². The summed E-state index contributed by atoms with van der Waals surface area (Å²) in [6.45, 7) is 2.25. The van der Waals surface area contributed by atoms with E-state index in [4.69, 9.17) is 4.74 Å². The molecule has 2 aliphatic heterocycles. The zero-order valence-corrected chi connectivity index (χ0v) is 14.9. The maximum absolute atomic E-state index is 12.5. The summed E-state index contributed by atoms with van der Waals surface area (Å²) < 4.78 is 6.18. The molecule has 4 rings (SSSR count). The summed E-state index contributed by atoms with van der Waals surface area (Å²) in [5.74, 6) is 0.822. The van der Waals surface area contributed by atoms with Crippen LogP contribution in [0.5, 0.6) is 0 Å². The molecule has 4 heterocycles. The average Bonchev–Trinajstić information content (AvgIpc) is 3.18. The molecule has 132 valence electrons. The Labute approximate surface area is 151 Å². The number of anilines is 1. The number of carbonyl (C=O) groups excluding carboxylic acids is 1. The van der Waals surface area contributed by atoms with Crippen molar-refractivity contribution >= 4 is 23.2 Å². The van der Waals surface area contributed by atoms with E-state index in [1.165, 1.54) is 11.3 Å². The minimum Gasteiger partial charge on any atom is -0.375 e. The fourth-order valence-electron chi connectivity index (χ4n) is 3.73. The fourth-order valence-corrected chi connectivity index (χ4v) is 4.42. The van der Waals surface area contributed by atoms with Gasteiger partial charge in [-0.2, -0.15) is 0 Å². The summed E-state index contributed by atoms with van der Waals surface area (Å²) in [5.41, 5.74) is -0.128. The first-order valence-corrected chi connectivity index (χ1v) is 9.62. The molecule has 1 amide bonds. The molecule has 0 aromatic carbocycles. The Morgan fingerprint density at radius 2 is 2.08 bits per heavy atom. The highest BCUT2D eigenvalue weighted by Gasteiger charge is 2.41. The zero-order chi connectivity index (χ0) is 17.1. The van der Waals surface area contributed by atoms with E-state index in [-0.39, 0.29) is 11.5 Å². The number of carbonyl (C=O) groups is 1. The van der Waals surface area contributed by atoms with Gasteiger partial charge < -0.3 is 15.0 Å². The highest BCUT2D eigenvalue weighted by atomic mass is 32.1. The fraction of sp³-hybridized carbons (Fsp3) is 0.500. The molecule has 0 radical (unpaired) electrons. The van der Waals surface area contributed by atoms with Crippen LogP contribution in [0.15, 0.2) is 36.0 Å². The molecule has 2 saturated heterocycles. The number of likely N-dealkylation sites (tertiary alicyclic amines) is 1. The Kier molecular flexibility index (Phi) is 4.67. The zero-order valence-electron chi connectivity index (χ0n) is 14.1. The number of hydrogen-bond acceptors (Lipinski definition) is 6. The third kappa shape index (κ3) is 3.67. The first kappa shape index (κ1) is 16.5. The number of amides is 1. The second-order valence-electron chi connectivity index (χ2n) is 6.71. The SMILES string of the molecule is O=C(c1cccs1)N1CCC2(CC1)C[C@@H](Nc1ncccn1)CCO2. The average molecular weight is 358 g/mol. The molecule has 6 nitrogen and oxygen atoms in total. The summed E-state index contributed by atoms with van der Waals surface area (Å²) in [7, 11) is 0. The van der Waals surface area contributed by atoms with Crippen molar-refractivity contribution in [3.05, 3.63) is 40.8 Å². The van der Waals surface area contributed by atoms with Gasteiger partial charge in [0.25, 0.3) is 5.91 Å². The predicted octanol–water partition coefficient (Wildman–Crippen LogP) is 2.80. The van der Waals surface area contributed by atoms with Gasteiger partial charge in [-0.05, 0) is 43.2 Å². The van der Waals surface area contributed by atoms with Gasteiger partial charge in [0.05, 0.1) is 10.5 Å². The maximum Gasteiger partial charge on any atom is 0.263 e. The van der Waals surface area contributed by atoms with Crippen LogP contribution in [-0.2, 0) is 4.74 Å². The van der Waals surface area contributed by atoms with Crippen LogP contribution in [0, 0.1) is 0 Å². The van der Waals surface area contributed by atoms with E-state index < -0.39 is 0 Å². The van der Waals surface area contributed by atoms with Crippen LogP contribution in [0.1, 0.15) is 35.4 Å². The third-order valence-corrected chi connectivity index (χ3v) is 5.94. The number of hydrogen-bond donors (Lipinski definition) is 1. The summed E-state index contributed by atoms with van der Waals surface area (Å²) in [6.07, 6.45) is 7.16. The second kappa shape index (κ2) is 7.09. The van der Waals surface area contributed by atoms with Crippen molar-refractivity contribution in [2.75, 3.05) is 25.0 Å². The van der Waals surface area contributed by atoms with E-state index in [1.807, 2.05) is 28.5 Å². The molecular formula is C18H22N4O2S. The van der Waals surface area contributed by atoms with Gasteiger partial charge in [-0.1, -0.05) is 6.07 Å². The van der Waals surface area contributed by atoms with Crippen LogP contribution in [-0.4, -0.2) is 52.1 Å². The Hall–Kier alpha value is -1.99. The first-order chi connectivity index (χ1) is 12.2. The molecule has 1 spiro atoms. The Balaban J connectivity index is 1.36. The lowest BCUT2D eigenvalue weighted by Gasteiger charge is -2.46. The maximum atomic E-state index is 12.5. The van der Waals surface area contributed by atoms with Gasteiger partial charge in [0.1, 0.15) is 0 Å². The molecule has 0 bridgehead atoms. The molecule has 25 heavy (non-hydrogen) atoms. The minimum absolute atomic E-state index is 0.128. The van der Waals surface area contributed by atoms with E-state index in [2.05, 4.69) is 15.3 Å². The van der Waals surface area contributed by atoms with E-state index in [0.29, 0.717) is 12.0 Å². The molecular weight excluding hydrogens is 336 g/mol. The summed E-state index contributed by atoms with van der Waals surface area (Å²) in [6, 6.07) is 5.96. The van der Waals surface area contributed by atoms with Gasteiger partial charge in [0.2, 0.25) is 5.95 Å². The summed E-state index contributed by atoms with van der Waals surface area (Å²) in [5, 5.41) is 5.38. The molecule has 0 unspecified atom stereocenters. The predicted molar refractivity (Wildman–Crippen MR) is 96.8 cm³/mol. The number of rotatable bonds is 3. The lowest BCUT2D eigenvalue weighted by atomic mass is 9.82. The largest absolute Gasteiger partial charge is 0.375 e. The van der Waals surface area contributed by atoms with Crippen molar-refractivity contribution in [3.63, 3.8) is 0 Å². The van der Waals surface area contributed by atoms with Crippen molar-refractivity contribution in [1.29, 1.82) is 0 Å². The number of piperidine rings is 1. The smallest absolute Gasteiger partial charge is 0.263 e. The van der Waals surface area contributed by atoms with Crippen molar-refractivity contribution in [2.24, 2.45) is 0 Å². The highest BCUT2D eigenvalue weighted by Crippen LogP contribution is 2.36. The molecule has 2 aromatic heterocycles. The molecule has 1 N–H and O–H groups in total. The Morgan fingerprint density at radius 1 is 1.28 bits per heavy atom. The first-order valence-electron chi connectivity index (χ1n) is 8.74. The number of nitrogens with one attached hydrogen (secondary N) is 1. The molecule has 2 aromatic rings. The lowest BCUT2D eigenvalue weighted by Crippen LogP contribution is -2.52. The molecule has 1 atom stereocenters. The Morgan fingerprint density at radius 3 is 2.80 bits per heavy atom. The van der Waals surface area contributed by atoms with E-state index >= 15 is 0 Å². The summed E-state index contributed by atoms with van der Waals surface area (Å²) >= 11 is 1.51. The van der Waals surface area contributed by atoms with Crippen LogP contribution in [0.4, 0.5) is 5.95 Å². The van der Waals surface area contributed by atoms with Crippen LogP contribution < -0.4 is 5.32 Å². The minimum atomic E-state index is -0.128. The van der Waals surface area contributed by atoms with Gasteiger partial charge in [0, 0.05) is 38.1 Å².